The summed E-state index contributed by atoms with van der Waals surface area (Å²) in [4.78, 5) is 22.9. The minimum atomic E-state index is -0.815. The van der Waals surface area contributed by atoms with Gasteiger partial charge in [0.05, 0.1) is 5.92 Å². The van der Waals surface area contributed by atoms with Gasteiger partial charge in [-0.1, -0.05) is 26.2 Å². The molecule has 1 rings (SSSR count). The van der Waals surface area contributed by atoms with E-state index in [1.807, 2.05) is 0 Å². The number of urea groups is 1. The number of hydrogen-bond acceptors (Lipinski definition) is 3. The summed E-state index contributed by atoms with van der Waals surface area (Å²) >= 11 is 0. The average Bonchev–Trinajstić information content (AvgIpc) is 2.46. The molecule has 0 radical (unpaired) electrons. The molecule has 0 bridgehead atoms. The lowest BCUT2D eigenvalue weighted by molar-refractivity contribution is -0.143. The van der Waals surface area contributed by atoms with E-state index in [1.54, 1.807) is 0 Å². The quantitative estimate of drug-likeness (QED) is 0.569. The Bertz CT molecular complexity index is 323. The number of aliphatic carboxylic acids is 1. The van der Waals surface area contributed by atoms with Crippen molar-refractivity contribution in [1.29, 1.82) is 0 Å². The maximum Gasteiger partial charge on any atom is 0.315 e. The zero-order chi connectivity index (χ0) is 15.5. The van der Waals surface area contributed by atoms with E-state index in [2.05, 4.69) is 17.6 Å². The van der Waals surface area contributed by atoms with E-state index < -0.39 is 11.9 Å². The van der Waals surface area contributed by atoms with Gasteiger partial charge in [-0.05, 0) is 25.7 Å². The third-order valence-corrected chi connectivity index (χ3v) is 3.79. The Balaban J connectivity index is 2.13. The summed E-state index contributed by atoms with van der Waals surface area (Å²) in [5.74, 6) is -1.27. The number of unbranched alkanes of at least 4 members (excludes halogenated alkanes) is 1. The number of carbonyl (C=O) groups is 2. The highest BCUT2D eigenvalue weighted by Crippen LogP contribution is 2.24. The fourth-order valence-corrected chi connectivity index (χ4v) is 2.54. The molecule has 3 N–H and O–H groups in total. The summed E-state index contributed by atoms with van der Waals surface area (Å²) in [6.45, 7) is 4.07. The van der Waals surface area contributed by atoms with Gasteiger partial charge in [-0.15, -0.1) is 0 Å². The summed E-state index contributed by atoms with van der Waals surface area (Å²) in [5.41, 5.74) is 0. The Morgan fingerprint density at radius 1 is 1.19 bits per heavy atom. The minimum Gasteiger partial charge on any atom is -0.481 e. The summed E-state index contributed by atoms with van der Waals surface area (Å²) in [6.07, 6.45) is 6.23. The van der Waals surface area contributed by atoms with Crippen molar-refractivity contribution >= 4 is 12.0 Å². The van der Waals surface area contributed by atoms with Crippen molar-refractivity contribution in [3.8, 4) is 0 Å². The lowest BCUT2D eigenvalue weighted by atomic mass is 9.84. The van der Waals surface area contributed by atoms with Gasteiger partial charge in [0.1, 0.15) is 0 Å². The van der Waals surface area contributed by atoms with Crippen LogP contribution in [0.4, 0.5) is 4.79 Å². The van der Waals surface area contributed by atoms with Crippen LogP contribution in [0.2, 0.25) is 0 Å². The monoisotopic (exact) mass is 300 g/mol. The molecular formula is C15H28N2O4. The van der Waals surface area contributed by atoms with Gasteiger partial charge in [0.15, 0.2) is 0 Å². The number of nitrogens with one attached hydrogen (secondary N) is 2. The van der Waals surface area contributed by atoms with Gasteiger partial charge in [0.2, 0.25) is 0 Å². The molecule has 1 aliphatic carbocycles. The van der Waals surface area contributed by atoms with Gasteiger partial charge >= 0.3 is 12.0 Å². The number of carbonyl (C=O) groups excluding carboxylic acids is 1. The number of rotatable bonds is 9. The van der Waals surface area contributed by atoms with Gasteiger partial charge in [-0.25, -0.2) is 4.79 Å². The fourth-order valence-electron chi connectivity index (χ4n) is 2.54. The first-order chi connectivity index (χ1) is 10.1. The molecule has 2 atom stereocenters. The number of hydrogen-bond donors (Lipinski definition) is 3. The van der Waals surface area contributed by atoms with Crippen molar-refractivity contribution in [2.24, 2.45) is 5.92 Å². The van der Waals surface area contributed by atoms with Gasteiger partial charge in [-0.3, -0.25) is 4.79 Å². The van der Waals surface area contributed by atoms with E-state index in [1.165, 1.54) is 0 Å². The summed E-state index contributed by atoms with van der Waals surface area (Å²) < 4.78 is 5.40. The maximum atomic E-state index is 11.8. The first-order valence-electron chi connectivity index (χ1n) is 8.00. The van der Waals surface area contributed by atoms with Crippen LogP contribution in [0.3, 0.4) is 0 Å². The van der Waals surface area contributed by atoms with E-state index >= 15 is 0 Å². The number of carboxylic acid groups (broad SMARTS) is 1. The first-order valence-corrected chi connectivity index (χ1v) is 8.00. The van der Waals surface area contributed by atoms with Crippen LogP contribution in [-0.4, -0.2) is 42.9 Å². The Morgan fingerprint density at radius 2 is 1.90 bits per heavy atom. The lowest BCUT2D eigenvalue weighted by Crippen LogP contribution is -2.49. The molecule has 2 amide bonds. The van der Waals surface area contributed by atoms with Gasteiger partial charge in [0, 0.05) is 25.8 Å². The molecule has 0 aliphatic heterocycles. The fraction of sp³-hybridized carbons (Fsp3) is 0.867. The van der Waals surface area contributed by atoms with E-state index in [0.717, 1.165) is 45.1 Å². The minimum absolute atomic E-state index is 0.253. The Morgan fingerprint density at radius 3 is 2.62 bits per heavy atom. The third kappa shape index (κ3) is 7.32. The van der Waals surface area contributed by atoms with Crippen molar-refractivity contribution in [2.75, 3.05) is 19.8 Å². The second kappa shape index (κ2) is 10.4. The molecule has 122 valence electrons. The smallest absolute Gasteiger partial charge is 0.315 e. The third-order valence-electron chi connectivity index (χ3n) is 3.79. The average molecular weight is 300 g/mol. The van der Waals surface area contributed by atoms with Crippen molar-refractivity contribution < 1.29 is 19.4 Å². The molecule has 6 nitrogen and oxygen atoms in total. The molecule has 1 fully saturated rings. The van der Waals surface area contributed by atoms with E-state index in [-0.39, 0.29) is 12.1 Å². The topological polar surface area (TPSA) is 87.7 Å². The highest BCUT2D eigenvalue weighted by molar-refractivity contribution is 5.76. The first kappa shape index (κ1) is 17.8. The SMILES string of the molecule is CCCCOCCCNC(=O)NC1CCCCC1C(=O)O. The predicted molar refractivity (Wildman–Crippen MR) is 80.3 cm³/mol. The van der Waals surface area contributed by atoms with Crippen LogP contribution in [0, 0.1) is 5.92 Å². The molecule has 2 unspecified atom stereocenters. The molecule has 1 aliphatic rings. The normalized spacial score (nSPS) is 21.8. The Labute approximate surface area is 126 Å². The van der Waals surface area contributed by atoms with Crippen LogP contribution in [0.1, 0.15) is 51.9 Å². The highest BCUT2D eigenvalue weighted by Gasteiger charge is 2.31. The second-order valence-electron chi connectivity index (χ2n) is 5.56. The predicted octanol–water partition coefficient (Wildman–Crippen LogP) is 2.14. The Hall–Kier alpha value is -1.30. The molecule has 0 spiro atoms. The van der Waals surface area contributed by atoms with Crippen LogP contribution in [0.15, 0.2) is 0 Å². The van der Waals surface area contributed by atoms with Crippen LogP contribution < -0.4 is 10.6 Å². The zero-order valence-corrected chi connectivity index (χ0v) is 12.9. The van der Waals surface area contributed by atoms with E-state index in [9.17, 15) is 9.59 Å². The zero-order valence-electron chi connectivity index (χ0n) is 12.9. The number of ether oxygens (including phenoxy) is 1. The second-order valence-corrected chi connectivity index (χ2v) is 5.56. The molecule has 6 heteroatoms. The number of carboxylic acids is 1. The van der Waals surface area contributed by atoms with Crippen molar-refractivity contribution in [2.45, 2.75) is 57.9 Å². The van der Waals surface area contributed by atoms with Crippen LogP contribution in [0.5, 0.6) is 0 Å². The van der Waals surface area contributed by atoms with Crippen molar-refractivity contribution in [1.82, 2.24) is 10.6 Å². The molecule has 0 aromatic heterocycles. The standard InChI is InChI=1S/C15H28N2O4/c1-2-3-10-21-11-6-9-16-15(20)17-13-8-5-4-7-12(13)14(18)19/h12-13H,2-11H2,1H3,(H,18,19)(H2,16,17,20). The molecule has 0 aromatic carbocycles. The molecule has 0 saturated heterocycles. The molecule has 0 aromatic rings. The van der Waals surface area contributed by atoms with Crippen LogP contribution in [0.25, 0.3) is 0 Å². The lowest BCUT2D eigenvalue weighted by Gasteiger charge is -2.29. The largest absolute Gasteiger partial charge is 0.481 e. The summed E-state index contributed by atoms with van der Waals surface area (Å²) in [5, 5.41) is 14.7. The summed E-state index contributed by atoms with van der Waals surface area (Å²) in [6, 6.07) is -0.529. The van der Waals surface area contributed by atoms with Crippen LogP contribution in [-0.2, 0) is 9.53 Å². The number of amides is 2. The van der Waals surface area contributed by atoms with Crippen LogP contribution >= 0.6 is 0 Å². The molecule has 0 heterocycles. The molecule has 1 saturated carbocycles. The van der Waals surface area contributed by atoms with Gasteiger partial charge < -0.3 is 20.5 Å². The maximum absolute atomic E-state index is 11.8. The van der Waals surface area contributed by atoms with E-state index in [0.29, 0.717) is 19.6 Å². The summed E-state index contributed by atoms with van der Waals surface area (Å²) in [7, 11) is 0. The van der Waals surface area contributed by atoms with Gasteiger partial charge in [0.25, 0.3) is 0 Å². The Kier molecular flexibility index (Phi) is 8.82. The van der Waals surface area contributed by atoms with Crippen molar-refractivity contribution in [3.63, 3.8) is 0 Å². The van der Waals surface area contributed by atoms with E-state index in [4.69, 9.17) is 9.84 Å². The molecule has 21 heavy (non-hydrogen) atoms. The molecular weight excluding hydrogens is 272 g/mol. The van der Waals surface area contributed by atoms with Crippen molar-refractivity contribution in [3.05, 3.63) is 0 Å². The van der Waals surface area contributed by atoms with Gasteiger partial charge in [-0.2, -0.15) is 0 Å². The highest BCUT2D eigenvalue weighted by atomic mass is 16.5.